The molecule has 178 valence electrons. The van der Waals surface area contributed by atoms with Crippen LogP contribution in [0.15, 0.2) is 59.7 Å². The predicted molar refractivity (Wildman–Crippen MR) is 120 cm³/mol. The molecule has 0 saturated carbocycles. The highest BCUT2D eigenvalue weighted by Crippen LogP contribution is 2.41. The molecular formula is C25H29F3N2O3. The molecule has 0 unspecified atom stereocenters. The fourth-order valence-electron chi connectivity index (χ4n) is 3.82. The van der Waals surface area contributed by atoms with Crippen molar-refractivity contribution >= 4 is 11.6 Å². The highest BCUT2D eigenvalue weighted by Gasteiger charge is 2.63. The average Bonchev–Trinajstić information content (AvgIpc) is 3.15. The topological polar surface area (TPSA) is 62.1 Å². The Balaban J connectivity index is 1.70. The summed E-state index contributed by atoms with van der Waals surface area (Å²) in [5.74, 6) is -0.726. The number of unbranched alkanes of at least 4 members (excludes halogenated alkanes) is 1. The van der Waals surface area contributed by atoms with Gasteiger partial charge in [0.05, 0.1) is 0 Å². The number of nitrogens with zero attached hydrogens (tertiary/aromatic N) is 2. The molecule has 8 heteroatoms. The van der Waals surface area contributed by atoms with Crippen molar-refractivity contribution in [2.75, 3.05) is 6.61 Å². The number of benzene rings is 2. The number of rotatable bonds is 8. The molecule has 1 amide bonds. The summed E-state index contributed by atoms with van der Waals surface area (Å²) in [5, 5.41) is 14.2. The van der Waals surface area contributed by atoms with E-state index in [1.807, 2.05) is 49.4 Å². The zero-order valence-corrected chi connectivity index (χ0v) is 19.0. The molecule has 2 aromatic rings. The van der Waals surface area contributed by atoms with Gasteiger partial charge in [0, 0.05) is 17.5 Å². The van der Waals surface area contributed by atoms with E-state index in [0.29, 0.717) is 12.2 Å². The summed E-state index contributed by atoms with van der Waals surface area (Å²) >= 11 is 0. The van der Waals surface area contributed by atoms with Gasteiger partial charge in [-0.3, -0.25) is 4.79 Å². The normalized spacial score (nSPS) is 18.9. The number of hydrazone groups is 1. The Morgan fingerprint density at radius 2 is 1.70 bits per heavy atom. The van der Waals surface area contributed by atoms with Crippen molar-refractivity contribution < 1.29 is 27.8 Å². The fourth-order valence-corrected chi connectivity index (χ4v) is 3.82. The fraction of sp³-hybridized carbons (Fsp3) is 0.440. The monoisotopic (exact) mass is 462 g/mol. The Labute approximate surface area is 191 Å². The Morgan fingerprint density at radius 1 is 1.09 bits per heavy atom. The van der Waals surface area contributed by atoms with Crippen LogP contribution in [0.3, 0.4) is 0 Å². The molecule has 1 N–H and O–H groups in total. The van der Waals surface area contributed by atoms with E-state index in [4.69, 9.17) is 4.74 Å². The lowest BCUT2D eigenvalue weighted by molar-refractivity contribution is -0.302. The number of carbonyl (C=O) groups is 1. The minimum Gasteiger partial charge on any atom is -0.484 e. The van der Waals surface area contributed by atoms with Crippen molar-refractivity contribution in [2.24, 2.45) is 5.10 Å². The summed E-state index contributed by atoms with van der Waals surface area (Å²) in [6, 6.07) is 17.0. The van der Waals surface area contributed by atoms with E-state index >= 15 is 0 Å². The lowest BCUT2D eigenvalue weighted by atomic mass is 9.78. The summed E-state index contributed by atoms with van der Waals surface area (Å²) in [5.41, 5.74) is -1.31. The molecule has 2 aromatic carbocycles. The summed E-state index contributed by atoms with van der Waals surface area (Å²) in [4.78, 5) is 12.5. The van der Waals surface area contributed by atoms with Crippen LogP contribution in [0.2, 0.25) is 0 Å². The van der Waals surface area contributed by atoms with Gasteiger partial charge in [-0.2, -0.15) is 23.3 Å². The molecule has 0 aromatic heterocycles. The lowest BCUT2D eigenvalue weighted by Gasteiger charge is -2.32. The highest BCUT2D eigenvalue weighted by atomic mass is 19.4. The van der Waals surface area contributed by atoms with Gasteiger partial charge in [0.25, 0.3) is 11.6 Å². The molecule has 0 radical (unpaired) electrons. The van der Waals surface area contributed by atoms with Gasteiger partial charge in [-0.05, 0) is 36.1 Å². The number of aliphatic hydroxyl groups is 1. The SMILES string of the molecule is CCCCC1=NN(C(=O)COc2ccc(C(C)(C)c3ccccc3)cc2)[C@@](O)(C(F)(F)F)C1. The summed E-state index contributed by atoms with van der Waals surface area (Å²) < 4.78 is 46.1. The molecule has 1 aliphatic heterocycles. The molecule has 33 heavy (non-hydrogen) atoms. The van der Waals surface area contributed by atoms with Gasteiger partial charge >= 0.3 is 6.18 Å². The predicted octanol–water partition coefficient (Wildman–Crippen LogP) is 5.42. The van der Waals surface area contributed by atoms with Crippen molar-refractivity contribution in [2.45, 2.75) is 63.8 Å². The van der Waals surface area contributed by atoms with Crippen LogP contribution < -0.4 is 4.74 Å². The molecule has 0 fully saturated rings. The second-order valence-electron chi connectivity index (χ2n) is 8.77. The smallest absolute Gasteiger partial charge is 0.438 e. The van der Waals surface area contributed by atoms with Crippen molar-refractivity contribution in [3.05, 3.63) is 65.7 Å². The van der Waals surface area contributed by atoms with Gasteiger partial charge in [-0.15, -0.1) is 0 Å². The lowest BCUT2D eigenvalue weighted by Crippen LogP contribution is -2.57. The maximum atomic E-state index is 13.6. The van der Waals surface area contributed by atoms with Crippen LogP contribution in [0, 0.1) is 0 Å². The maximum Gasteiger partial charge on any atom is 0.438 e. The average molecular weight is 463 g/mol. The van der Waals surface area contributed by atoms with Gasteiger partial charge in [0.15, 0.2) is 6.61 Å². The second-order valence-corrected chi connectivity index (χ2v) is 8.77. The van der Waals surface area contributed by atoms with Crippen LogP contribution >= 0.6 is 0 Å². The van der Waals surface area contributed by atoms with E-state index in [1.54, 1.807) is 12.1 Å². The van der Waals surface area contributed by atoms with E-state index in [0.717, 1.165) is 17.5 Å². The van der Waals surface area contributed by atoms with Crippen LogP contribution in [0.5, 0.6) is 5.75 Å². The maximum absolute atomic E-state index is 13.6. The number of amides is 1. The number of hydrogen-bond acceptors (Lipinski definition) is 4. The Kier molecular flexibility index (Phi) is 7.17. The molecule has 1 aliphatic rings. The third-order valence-electron chi connectivity index (χ3n) is 5.99. The first-order valence-electron chi connectivity index (χ1n) is 11.0. The molecule has 1 atom stereocenters. The molecular weight excluding hydrogens is 433 g/mol. The summed E-state index contributed by atoms with van der Waals surface area (Å²) in [6.45, 7) is 5.39. The quantitative estimate of drug-likeness (QED) is 0.570. The number of ether oxygens (including phenoxy) is 1. The Bertz CT molecular complexity index is 988. The molecule has 0 bridgehead atoms. The number of carbonyl (C=O) groups excluding carboxylic acids is 1. The van der Waals surface area contributed by atoms with Crippen molar-refractivity contribution in [1.29, 1.82) is 0 Å². The Morgan fingerprint density at radius 3 is 2.27 bits per heavy atom. The number of hydrogen-bond donors (Lipinski definition) is 1. The third kappa shape index (κ3) is 5.21. The highest BCUT2D eigenvalue weighted by molar-refractivity contribution is 5.91. The van der Waals surface area contributed by atoms with E-state index in [-0.39, 0.29) is 22.6 Å². The number of halogens is 3. The Hall–Kier alpha value is -2.87. The van der Waals surface area contributed by atoms with Crippen LogP contribution in [0.25, 0.3) is 0 Å². The summed E-state index contributed by atoms with van der Waals surface area (Å²) in [6.07, 6.45) is -4.11. The van der Waals surface area contributed by atoms with Crippen LogP contribution in [0.1, 0.15) is 57.6 Å². The second kappa shape index (κ2) is 9.55. The largest absolute Gasteiger partial charge is 0.484 e. The minimum atomic E-state index is -5.04. The van der Waals surface area contributed by atoms with Gasteiger partial charge < -0.3 is 9.84 Å². The van der Waals surface area contributed by atoms with Crippen molar-refractivity contribution in [1.82, 2.24) is 5.01 Å². The van der Waals surface area contributed by atoms with Gasteiger partial charge in [0.1, 0.15) is 5.75 Å². The minimum absolute atomic E-state index is 0.130. The van der Waals surface area contributed by atoms with Gasteiger partial charge in [0.2, 0.25) is 0 Å². The van der Waals surface area contributed by atoms with E-state index in [9.17, 15) is 23.1 Å². The molecule has 0 spiro atoms. The van der Waals surface area contributed by atoms with E-state index in [1.165, 1.54) is 0 Å². The molecule has 0 aliphatic carbocycles. The van der Waals surface area contributed by atoms with Crippen LogP contribution in [-0.2, 0) is 10.2 Å². The molecule has 5 nitrogen and oxygen atoms in total. The number of alkyl halides is 3. The van der Waals surface area contributed by atoms with Crippen molar-refractivity contribution in [3.8, 4) is 5.75 Å². The first-order valence-corrected chi connectivity index (χ1v) is 11.0. The van der Waals surface area contributed by atoms with Crippen LogP contribution in [-0.4, -0.2) is 40.2 Å². The van der Waals surface area contributed by atoms with Crippen molar-refractivity contribution in [3.63, 3.8) is 0 Å². The van der Waals surface area contributed by atoms with Gasteiger partial charge in [-0.1, -0.05) is 69.7 Å². The van der Waals surface area contributed by atoms with E-state index < -0.39 is 30.8 Å². The zero-order chi connectivity index (χ0) is 24.3. The van der Waals surface area contributed by atoms with E-state index in [2.05, 4.69) is 18.9 Å². The summed E-state index contributed by atoms with van der Waals surface area (Å²) in [7, 11) is 0. The van der Waals surface area contributed by atoms with Crippen LogP contribution in [0.4, 0.5) is 13.2 Å². The first-order chi connectivity index (χ1) is 15.5. The standard InChI is InChI=1S/C25H29F3N2O3/c1-4-5-11-20-16-24(32,25(26,27)28)30(29-20)22(31)17-33-21-14-12-19(13-15-21)23(2,3)18-9-7-6-8-10-18/h6-10,12-15,32H,4-5,11,16-17H2,1-3H3/t24-/m0/s1. The molecule has 1 heterocycles. The van der Waals surface area contributed by atoms with Gasteiger partial charge in [-0.25, -0.2) is 0 Å². The first kappa shape index (κ1) is 24.8. The third-order valence-corrected chi connectivity index (χ3v) is 5.99. The molecule has 0 saturated heterocycles. The zero-order valence-electron chi connectivity index (χ0n) is 19.0. The molecule has 3 rings (SSSR count).